The lowest BCUT2D eigenvalue weighted by molar-refractivity contribution is -0.937. The van der Waals surface area contributed by atoms with Gasteiger partial charge in [0.25, 0.3) is 0 Å². The molecule has 1 heterocycles. The van der Waals surface area contributed by atoms with Gasteiger partial charge in [-0.2, -0.15) is 0 Å². The Hall–Kier alpha value is -1.86. The predicted octanol–water partition coefficient (Wildman–Crippen LogP) is 2.29. The number of rotatable bonds is 6. The molecule has 0 unspecified atom stereocenters. The maximum absolute atomic E-state index is 5.93. The average Bonchev–Trinajstić information content (AvgIpc) is 2.71. The van der Waals surface area contributed by atoms with E-state index in [0.29, 0.717) is 10.1 Å². The molecule has 0 amide bonds. The fraction of sp³-hybridized carbons (Fsp3) is 0.350. The zero-order valence-electron chi connectivity index (χ0n) is 15.3. The van der Waals surface area contributed by atoms with Crippen LogP contribution in [0.1, 0.15) is 11.6 Å². The van der Waals surface area contributed by atoms with Crippen LogP contribution in [0.5, 0.6) is 5.75 Å². The van der Waals surface area contributed by atoms with Crippen molar-refractivity contribution in [3.05, 3.63) is 59.1 Å². The summed E-state index contributed by atoms with van der Waals surface area (Å²) in [7, 11) is 1.68. The van der Waals surface area contributed by atoms with Gasteiger partial charge in [-0.1, -0.05) is 11.6 Å². The molecule has 1 atom stereocenters. The van der Waals surface area contributed by atoms with Crippen molar-refractivity contribution in [2.24, 2.45) is 0 Å². The number of methoxy groups -OCH3 is 1. The SMILES string of the molecule is COc1ccc([C@H](CNC(=S)Nc2ccc(Cl)cc2)[NH+]2CCOCC2)cc1. The van der Waals surface area contributed by atoms with Crippen LogP contribution in [-0.2, 0) is 4.74 Å². The minimum atomic E-state index is 0.282. The van der Waals surface area contributed by atoms with E-state index >= 15 is 0 Å². The van der Waals surface area contributed by atoms with Crippen LogP contribution in [-0.4, -0.2) is 45.1 Å². The van der Waals surface area contributed by atoms with Crippen molar-refractivity contribution >= 4 is 34.6 Å². The molecule has 0 spiro atoms. The number of nitrogens with one attached hydrogen (secondary N) is 3. The van der Waals surface area contributed by atoms with Crippen LogP contribution in [0.3, 0.4) is 0 Å². The first-order valence-corrected chi connectivity index (χ1v) is 9.81. The van der Waals surface area contributed by atoms with Crippen molar-refractivity contribution in [3.8, 4) is 5.75 Å². The van der Waals surface area contributed by atoms with Gasteiger partial charge in [0, 0.05) is 16.3 Å². The van der Waals surface area contributed by atoms with Crippen molar-refractivity contribution in [2.45, 2.75) is 6.04 Å². The molecule has 144 valence electrons. The van der Waals surface area contributed by atoms with Crippen LogP contribution in [0.2, 0.25) is 5.02 Å². The molecular formula is C20H25ClN3O2S+. The van der Waals surface area contributed by atoms with Gasteiger partial charge in [0.15, 0.2) is 5.11 Å². The molecular weight excluding hydrogens is 382 g/mol. The van der Waals surface area contributed by atoms with Crippen LogP contribution in [0.4, 0.5) is 5.69 Å². The summed E-state index contributed by atoms with van der Waals surface area (Å²) < 4.78 is 10.8. The molecule has 0 saturated carbocycles. The normalized spacial score (nSPS) is 15.8. The highest BCUT2D eigenvalue weighted by atomic mass is 35.5. The van der Waals surface area contributed by atoms with Crippen LogP contribution in [0.15, 0.2) is 48.5 Å². The number of ether oxygens (including phenoxy) is 2. The second-order valence-electron chi connectivity index (χ2n) is 6.44. The summed E-state index contributed by atoms with van der Waals surface area (Å²) in [4.78, 5) is 1.49. The zero-order chi connectivity index (χ0) is 19.1. The van der Waals surface area contributed by atoms with Crippen molar-refractivity contribution in [3.63, 3.8) is 0 Å². The summed E-state index contributed by atoms with van der Waals surface area (Å²) in [5, 5.41) is 7.87. The molecule has 0 bridgehead atoms. The highest BCUT2D eigenvalue weighted by Gasteiger charge is 2.26. The molecule has 2 aromatic rings. The Kier molecular flexibility index (Phi) is 7.29. The number of hydrogen-bond acceptors (Lipinski definition) is 3. The smallest absolute Gasteiger partial charge is 0.171 e. The van der Waals surface area contributed by atoms with E-state index in [1.807, 2.05) is 36.4 Å². The zero-order valence-corrected chi connectivity index (χ0v) is 16.9. The molecule has 0 aliphatic carbocycles. The third kappa shape index (κ3) is 5.81. The molecule has 3 N–H and O–H groups in total. The topological polar surface area (TPSA) is 47.0 Å². The number of hydrogen-bond donors (Lipinski definition) is 3. The van der Waals surface area contributed by atoms with Crippen LogP contribution in [0, 0.1) is 0 Å². The fourth-order valence-electron chi connectivity index (χ4n) is 3.22. The number of thiocarbonyl (C=S) groups is 1. The molecule has 27 heavy (non-hydrogen) atoms. The molecule has 1 aliphatic rings. The number of morpholine rings is 1. The van der Waals surface area contributed by atoms with E-state index in [1.54, 1.807) is 7.11 Å². The summed E-state index contributed by atoms with van der Waals surface area (Å²) >= 11 is 11.4. The lowest BCUT2D eigenvalue weighted by atomic mass is 10.0. The van der Waals surface area contributed by atoms with Crippen molar-refractivity contribution in [1.82, 2.24) is 5.32 Å². The monoisotopic (exact) mass is 406 g/mol. The van der Waals surface area contributed by atoms with E-state index in [0.717, 1.165) is 44.3 Å². The minimum Gasteiger partial charge on any atom is -0.497 e. The molecule has 1 saturated heterocycles. The quantitative estimate of drug-likeness (QED) is 0.642. The maximum atomic E-state index is 5.93. The maximum Gasteiger partial charge on any atom is 0.171 e. The van der Waals surface area contributed by atoms with Gasteiger partial charge in [0.2, 0.25) is 0 Å². The Morgan fingerprint density at radius 1 is 1.15 bits per heavy atom. The predicted molar refractivity (Wildman–Crippen MR) is 113 cm³/mol. The summed E-state index contributed by atoms with van der Waals surface area (Å²) in [6.07, 6.45) is 0. The van der Waals surface area contributed by atoms with Gasteiger partial charge in [-0.15, -0.1) is 0 Å². The number of halogens is 1. The Labute approximate surface area is 170 Å². The number of benzene rings is 2. The summed E-state index contributed by atoms with van der Waals surface area (Å²) in [5.74, 6) is 0.863. The lowest BCUT2D eigenvalue weighted by Crippen LogP contribution is -3.15. The minimum absolute atomic E-state index is 0.282. The van der Waals surface area contributed by atoms with Gasteiger partial charge >= 0.3 is 0 Å². The molecule has 0 radical (unpaired) electrons. The van der Waals surface area contributed by atoms with E-state index in [1.165, 1.54) is 10.5 Å². The summed E-state index contributed by atoms with van der Waals surface area (Å²) in [6, 6.07) is 16.0. The van der Waals surface area contributed by atoms with E-state index in [2.05, 4.69) is 22.8 Å². The van der Waals surface area contributed by atoms with E-state index in [-0.39, 0.29) is 6.04 Å². The first-order valence-electron chi connectivity index (χ1n) is 9.02. The Morgan fingerprint density at radius 3 is 2.44 bits per heavy atom. The number of quaternary nitrogens is 1. The molecule has 7 heteroatoms. The number of anilines is 1. The van der Waals surface area contributed by atoms with Gasteiger partial charge in [-0.3, -0.25) is 0 Å². The Bertz CT molecular complexity index is 734. The van der Waals surface area contributed by atoms with Gasteiger partial charge in [0.05, 0.1) is 26.9 Å². The Morgan fingerprint density at radius 2 is 1.81 bits per heavy atom. The molecule has 0 aromatic heterocycles. The average molecular weight is 407 g/mol. The van der Waals surface area contributed by atoms with Crippen molar-refractivity contribution in [2.75, 3.05) is 45.3 Å². The second kappa shape index (κ2) is 9.90. The highest BCUT2D eigenvalue weighted by Crippen LogP contribution is 2.16. The Balaban J connectivity index is 1.64. The van der Waals surface area contributed by atoms with Gasteiger partial charge in [-0.05, 0) is 60.7 Å². The molecule has 1 fully saturated rings. The fourth-order valence-corrected chi connectivity index (χ4v) is 3.55. The van der Waals surface area contributed by atoms with Gasteiger partial charge in [-0.25, -0.2) is 0 Å². The first-order chi connectivity index (χ1) is 13.2. The third-order valence-corrected chi connectivity index (χ3v) is 5.21. The molecule has 1 aliphatic heterocycles. The second-order valence-corrected chi connectivity index (χ2v) is 7.28. The van der Waals surface area contributed by atoms with Crippen molar-refractivity contribution in [1.29, 1.82) is 0 Å². The summed E-state index contributed by atoms with van der Waals surface area (Å²) in [6.45, 7) is 4.28. The van der Waals surface area contributed by atoms with Crippen molar-refractivity contribution < 1.29 is 14.4 Å². The van der Waals surface area contributed by atoms with E-state index < -0.39 is 0 Å². The van der Waals surface area contributed by atoms with E-state index in [4.69, 9.17) is 33.3 Å². The summed E-state index contributed by atoms with van der Waals surface area (Å²) in [5.41, 5.74) is 2.17. The largest absolute Gasteiger partial charge is 0.497 e. The van der Waals surface area contributed by atoms with Gasteiger partial charge in [0.1, 0.15) is 24.9 Å². The third-order valence-electron chi connectivity index (χ3n) is 4.71. The molecule has 5 nitrogen and oxygen atoms in total. The van der Waals surface area contributed by atoms with E-state index in [9.17, 15) is 0 Å². The van der Waals surface area contributed by atoms with Crippen LogP contribution >= 0.6 is 23.8 Å². The molecule has 2 aromatic carbocycles. The highest BCUT2D eigenvalue weighted by molar-refractivity contribution is 7.80. The van der Waals surface area contributed by atoms with Crippen LogP contribution < -0.4 is 20.3 Å². The lowest BCUT2D eigenvalue weighted by Gasteiger charge is -2.32. The van der Waals surface area contributed by atoms with Crippen LogP contribution in [0.25, 0.3) is 0 Å². The first kappa shape index (κ1) is 19.9. The standard InChI is InChI=1S/C20H24ClN3O2S/c1-25-18-8-2-15(3-9-18)19(24-10-12-26-13-11-24)14-22-20(27)23-17-6-4-16(21)5-7-17/h2-9,19H,10-14H2,1H3,(H2,22,23,27)/p+1/t19-/m0/s1. The van der Waals surface area contributed by atoms with Gasteiger partial charge < -0.3 is 25.0 Å². The molecule has 3 rings (SSSR count).